The fourth-order valence-electron chi connectivity index (χ4n) is 4.25. The van der Waals surface area contributed by atoms with Gasteiger partial charge in [0.2, 0.25) is 0 Å². The van der Waals surface area contributed by atoms with Gasteiger partial charge in [-0.1, -0.05) is 24.3 Å². The summed E-state index contributed by atoms with van der Waals surface area (Å²) in [5.74, 6) is 2.23. The molecule has 3 heterocycles. The number of benzene rings is 2. The molecule has 5 aromatic rings. The van der Waals surface area contributed by atoms with Gasteiger partial charge in [-0.25, -0.2) is 19.9 Å². The predicted molar refractivity (Wildman–Crippen MR) is 135 cm³/mol. The first-order valence-corrected chi connectivity index (χ1v) is 11.9. The number of amides is 1. The lowest BCUT2D eigenvalue weighted by Crippen LogP contribution is -2.25. The number of nitrogens with one attached hydrogen (secondary N) is 3. The zero-order chi connectivity index (χ0) is 23.9. The van der Waals surface area contributed by atoms with Gasteiger partial charge >= 0.3 is 0 Å². The van der Waals surface area contributed by atoms with Gasteiger partial charge in [-0.2, -0.15) is 0 Å². The zero-order valence-electron chi connectivity index (χ0n) is 19.6. The Morgan fingerprint density at radius 2 is 1.89 bits per heavy atom. The van der Waals surface area contributed by atoms with Crippen LogP contribution in [0.15, 0.2) is 54.9 Å². The van der Waals surface area contributed by atoms with Crippen molar-refractivity contribution in [1.82, 2.24) is 34.8 Å². The minimum atomic E-state index is -0.0284. The average Bonchev–Trinajstić information content (AvgIpc) is 3.43. The van der Waals surface area contributed by atoms with E-state index in [9.17, 15) is 4.79 Å². The van der Waals surface area contributed by atoms with Gasteiger partial charge in [0, 0.05) is 23.2 Å². The summed E-state index contributed by atoms with van der Waals surface area (Å²) in [5, 5.41) is 6.40. The van der Waals surface area contributed by atoms with Crippen molar-refractivity contribution in [3.63, 3.8) is 0 Å². The summed E-state index contributed by atoms with van der Waals surface area (Å²) >= 11 is 0. The Morgan fingerprint density at radius 1 is 1.09 bits per heavy atom. The Hall–Kier alpha value is -4.27. The monoisotopic (exact) mass is 466 g/mol. The lowest BCUT2D eigenvalue weighted by molar-refractivity contribution is 0.0951. The average molecular weight is 467 g/mol. The van der Waals surface area contributed by atoms with Gasteiger partial charge in [-0.15, -0.1) is 0 Å². The largest absolute Gasteiger partial charge is 0.361 e. The topological polar surface area (TPSA) is 113 Å². The second-order valence-corrected chi connectivity index (χ2v) is 9.17. The second kappa shape index (κ2) is 8.50. The van der Waals surface area contributed by atoms with Crippen molar-refractivity contribution in [1.29, 1.82) is 0 Å². The van der Waals surface area contributed by atoms with E-state index in [1.54, 1.807) is 6.33 Å². The molecule has 2 aromatic carbocycles. The number of para-hydroxylation sites is 2. The van der Waals surface area contributed by atoms with Gasteiger partial charge in [0.15, 0.2) is 17.0 Å². The highest BCUT2D eigenvalue weighted by Gasteiger charge is 2.24. The molecule has 1 aliphatic rings. The molecular weight excluding hydrogens is 440 g/mol. The van der Waals surface area contributed by atoms with E-state index in [1.165, 1.54) is 0 Å². The summed E-state index contributed by atoms with van der Waals surface area (Å²) in [4.78, 5) is 34.3. The van der Waals surface area contributed by atoms with Gasteiger partial charge in [-0.05, 0) is 51.0 Å². The highest BCUT2D eigenvalue weighted by molar-refractivity contribution is 5.95. The van der Waals surface area contributed by atoms with E-state index in [4.69, 9.17) is 4.98 Å². The van der Waals surface area contributed by atoms with Gasteiger partial charge in [0.05, 0.1) is 17.6 Å². The van der Waals surface area contributed by atoms with Crippen molar-refractivity contribution in [2.45, 2.75) is 45.3 Å². The Labute approximate surface area is 202 Å². The van der Waals surface area contributed by atoms with Crippen LogP contribution in [0.5, 0.6) is 0 Å². The number of fused-ring (bicyclic) bond motifs is 2. The third kappa shape index (κ3) is 4.09. The van der Waals surface area contributed by atoms with E-state index in [-0.39, 0.29) is 11.9 Å². The Bertz CT molecular complexity index is 1500. The van der Waals surface area contributed by atoms with Crippen molar-refractivity contribution in [3.05, 3.63) is 66.2 Å². The van der Waals surface area contributed by atoms with Crippen molar-refractivity contribution in [2.75, 3.05) is 5.32 Å². The minimum absolute atomic E-state index is 0.0284. The molecule has 0 radical (unpaired) electrons. The van der Waals surface area contributed by atoms with Crippen LogP contribution in [0.3, 0.4) is 0 Å². The molecule has 1 amide bonds. The number of carbonyl (C=O) groups excluding carboxylic acids is 1. The number of aromatic nitrogens is 6. The van der Waals surface area contributed by atoms with Gasteiger partial charge < -0.3 is 20.2 Å². The van der Waals surface area contributed by atoms with Gasteiger partial charge in [0.25, 0.3) is 5.91 Å². The van der Waals surface area contributed by atoms with Crippen LogP contribution < -0.4 is 10.6 Å². The maximum Gasteiger partial charge on any atom is 0.251 e. The number of hydrogen-bond acceptors (Lipinski definition) is 6. The minimum Gasteiger partial charge on any atom is -0.361 e. The lowest BCUT2D eigenvalue weighted by Gasteiger charge is -2.13. The summed E-state index contributed by atoms with van der Waals surface area (Å²) in [7, 11) is 0. The molecule has 0 unspecified atom stereocenters. The molecule has 0 aliphatic heterocycles. The summed E-state index contributed by atoms with van der Waals surface area (Å²) in [5.41, 5.74) is 4.95. The molecule has 176 valence electrons. The number of H-pyrrole nitrogens is 1. The van der Waals surface area contributed by atoms with Crippen LogP contribution >= 0.6 is 0 Å². The summed E-state index contributed by atoms with van der Waals surface area (Å²) in [6.07, 6.45) is 3.69. The molecule has 1 aliphatic carbocycles. The number of nitrogens with zero attached hydrogens (tertiary/aromatic N) is 5. The first-order chi connectivity index (χ1) is 17.1. The predicted octanol–water partition coefficient (Wildman–Crippen LogP) is 4.45. The fourth-order valence-corrected chi connectivity index (χ4v) is 4.25. The number of hydrogen-bond donors (Lipinski definition) is 3. The molecule has 3 aromatic heterocycles. The molecular formula is C26H26N8O. The van der Waals surface area contributed by atoms with Crippen molar-refractivity contribution in [3.8, 4) is 11.4 Å². The van der Waals surface area contributed by atoms with Crippen LogP contribution in [0.4, 0.5) is 5.82 Å². The summed E-state index contributed by atoms with van der Waals surface area (Å²) in [6.45, 7) is 4.69. The van der Waals surface area contributed by atoms with Crippen LogP contribution in [0.25, 0.3) is 33.6 Å². The van der Waals surface area contributed by atoms with Crippen LogP contribution in [-0.2, 0) is 6.54 Å². The molecule has 6 rings (SSSR count). The first kappa shape index (κ1) is 21.3. The Morgan fingerprint density at radius 3 is 2.63 bits per heavy atom. The molecule has 3 N–H and O–H groups in total. The molecule has 35 heavy (non-hydrogen) atoms. The lowest BCUT2D eigenvalue weighted by atomic mass is 10.1. The van der Waals surface area contributed by atoms with Gasteiger partial charge in [0.1, 0.15) is 18.0 Å². The normalized spacial score (nSPS) is 13.6. The van der Waals surface area contributed by atoms with E-state index < -0.39 is 0 Å². The third-order valence-electron chi connectivity index (χ3n) is 6.17. The molecule has 1 fully saturated rings. The highest BCUT2D eigenvalue weighted by atomic mass is 16.1. The molecule has 9 nitrogen and oxygen atoms in total. The SMILES string of the molecule is CC(C)n1c(-c2ccc(C(=O)NC3CC3)cc2)nc2c(NCc3nc4ccccc4[nH]3)ncnc21. The van der Waals surface area contributed by atoms with Crippen LogP contribution in [0.1, 0.15) is 48.9 Å². The van der Waals surface area contributed by atoms with E-state index >= 15 is 0 Å². The molecule has 0 spiro atoms. The number of rotatable bonds is 7. The number of imidazole rings is 2. The zero-order valence-corrected chi connectivity index (χ0v) is 19.6. The maximum atomic E-state index is 12.4. The fraction of sp³-hybridized carbons (Fsp3) is 0.269. The second-order valence-electron chi connectivity index (χ2n) is 9.17. The molecule has 0 atom stereocenters. The standard InChI is InChI=1S/C26H26N8O/c1-15(2)34-24(16-7-9-17(10-8-16)26(35)30-18-11-12-18)33-22-23(28-14-29-25(22)34)27-13-21-31-19-5-3-4-6-20(19)32-21/h3-10,14-15,18H,11-13H2,1-2H3,(H,30,35)(H,31,32)(H,27,28,29). The van der Waals surface area contributed by atoms with Crippen LogP contribution in [0.2, 0.25) is 0 Å². The van der Waals surface area contributed by atoms with Gasteiger partial charge in [-0.3, -0.25) is 4.79 Å². The summed E-state index contributed by atoms with van der Waals surface area (Å²) < 4.78 is 2.10. The maximum absolute atomic E-state index is 12.4. The van der Waals surface area contributed by atoms with Crippen LogP contribution in [-0.4, -0.2) is 41.4 Å². The third-order valence-corrected chi connectivity index (χ3v) is 6.17. The van der Waals surface area contributed by atoms with Crippen LogP contribution in [0, 0.1) is 0 Å². The van der Waals surface area contributed by atoms with Crippen molar-refractivity contribution in [2.24, 2.45) is 0 Å². The van der Waals surface area contributed by atoms with E-state index in [1.807, 2.05) is 48.5 Å². The quantitative estimate of drug-likeness (QED) is 0.326. The van der Waals surface area contributed by atoms with E-state index in [0.717, 1.165) is 46.7 Å². The van der Waals surface area contributed by atoms with Crippen molar-refractivity contribution < 1.29 is 4.79 Å². The molecule has 1 saturated carbocycles. The number of anilines is 1. The molecule has 0 bridgehead atoms. The smallest absolute Gasteiger partial charge is 0.251 e. The summed E-state index contributed by atoms with van der Waals surface area (Å²) in [6, 6.07) is 16.0. The Kier molecular flexibility index (Phi) is 5.17. The van der Waals surface area contributed by atoms with E-state index in [2.05, 4.69) is 49.0 Å². The van der Waals surface area contributed by atoms with Crippen molar-refractivity contribution >= 4 is 33.9 Å². The number of carbonyl (C=O) groups is 1. The Balaban J connectivity index is 1.32. The first-order valence-electron chi connectivity index (χ1n) is 11.9. The number of aromatic amines is 1. The van der Waals surface area contributed by atoms with E-state index in [0.29, 0.717) is 29.5 Å². The molecule has 0 saturated heterocycles. The molecule has 9 heteroatoms. The highest BCUT2D eigenvalue weighted by Crippen LogP contribution is 2.30.